The lowest BCUT2D eigenvalue weighted by atomic mass is 10.0. The summed E-state index contributed by atoms with van der Waals surface area (Å²) in [4.78, 5) is 17.8. The highest BCUT2D eigenvalue weighted by Crippen LogP contribution is 2.25. The highest BCUT2D eigenvalue weighted by Gasteiger charge is 2.26. The van der Waals surface area contributed by atoms with Gasteiger partial charge >= 0.3 is 5.97 Å². The Hall–Kier alpha value is -2.32. The molecule has 24 heavy (non-hydrogen) atoms. The molecular formula is C16H19FN4O3. The van der Waals surface area contributed by atoms with Crippen LogP contribution in [0, 0.1) is 5.82 Å². The predicted octanol–water partition coefficient (Wildman–Crippen LogP) is 1.23. The van der Waals surface area contributed by atoms with E-state index in [-0.39, 0.29) is 24.2 Å². The Morgan fingerprint density at radius 1 is 1.46 bits per heavy atom. The molecule has 1 atom stereocenters. The maximum absolute atomic E-state index is 13.1. The first-order valence-corrected chi connectivity index (χ1v) is 7.70. The molecule has 1 aromatic heterocycles. The maximum Gasteiger partial charge on any atom is 0.313 e. The second-order valence-corrected chi connectivity index (χ2v) is 5.56. The van der Waals surface area contributed by atoms with E-state index >= 15 is 0 Å². The molecule has 1 fully saturated rings. The van der Waals surface area contributed by atoms with Gasteiger partial charge in [0.2, 0.25) is 0 Å². The van der Waals surface area contributed by atoms with E-state index in [2.05, 4.69) is 24.8 Å². The van der Waals surface area contributed by atoms with E-state index in [1.807, 2.05) is 0 Å². The highest BCUT2D eigenvalue weighted by molar-refractivity contribution is 5.71. The van der Waals surface area contributed by atoms with Crippen LogP contribution >= 0.6 is 0 Å². The number of methoxy groups -OCH3 is 1. The number of H-pyrrole nitrogens is 1. The highest BCUT2D eigenvalue weighted by atomic mass is 19.1. The molecule has 0 bridgehead atoms. The van der Waals surface area contributed by atoms with Gasteiger partial charge in [0.05, 0.1) is 32.9 Å². The Morgan fingerprint density at radius 2 is 2.25 bits per heavy atom. The summed E-state index contributed by atoms with van der Waals surface area (Å²) in [6.07, 6.45) is 0.0635. The average molecular weight is 334 g/mol. The van der Waals surface area contributed by atoms with Crippen LogP contribution in [-0.4, -0.2) is 52.9 Å². The number of hydrogen-bond acceptors (Lipinski definition) is 6. The van der Waals surface area contributed by atoms with Gasteiger partial charge < -0.3 is 9.47 Å². The topological polar surface area (TPSA) is 80.3 Å². The van der Waals surface area contributed by atoms with Crippen LogP contribution in [0.2, 0.25) is 0 Å². The fraction of sp³-hybridized carbons (Fsp3) is 0.438. The van der Waals surface area contributed by atoms with E-state index in [0.717, 1.165) is 12.1 Å². The number of benzene rings is 1. The maximum atomic E-state index is 13.1. The third kappa shape index (κ3) is 3.95. The Balaban J connectivity index is 1.70. The molecule has 7 nitrogen and oxygen atoms in total. The molecule has 0 amide bonds. The van der Waals surface area contributed by atoms with Crippen molar-refractivity contribution < 1.29 is 18.7 Å². The molecular weight excluding hydrogens is 315 g/mol. The summed E-state index contributed by atoms with van der Waals surface area (Å²) in [6, 6.07) is 6.44. The van der Waals surface area contributed by atoms with Crippen molar-refractivity contribution in [3.8, 4) is 0 Å². The summed E-state index contributed by atoms with van der Waals surface area (Å²) >= 11 is 0. The first-order chi connectivity index (χ1) is 11.7. The molecule has 0 spiro atoms. The molecule has 3 rings (SSSR count). The SMILES string of the molecule is COC(=O)Cc1nc(CN2CCOC[C@@H]2c2ccc(F)cc2)n[nH]1. The summed E-state index contributed by atoms with van der Waals surface area (Å²) in [5.41, 5.74) is 0.987. The Labute approximate surface area is 138 Å². The van der Waals surface area contributed by atoms with E-state index in [4.69, 9.17) is 4.74 Å². The Morgan fingerprint density at radius 3 is 3.00 bits per heavy atom. The van der Waals surface area contributed by atoms with Gasteiger partial charge in [-0.05, 0) is 17.7 Å². The minimum absolute atomic E-state index is 0.0157. The number of halogens is 1. The summed E-state index contributed by atoms with van der Waals surface area (Å²) in [7, 11) is 1.33. The smallest absolute Gasteiger partial charge is 0.313 e. The van der Waals surface area contributed by atoms with Crippen molar-refractivity contribution in [1.82, 2.24) is 20.1 Å². The van der Waals surface area contributed by atoms with Gasteiger partial charge in [-0.25, -0.2) is 9.37 Å². The molecule has 2 heterocycles. The molecule has 1 N–H and O–H groups in total. The number of hydrogen-bond donors (Lipinski definition) is 1. The Kier molecular flexibility index (Phi) is 5.17. The number of aromatic amines is 1. The third-order valence-corrected chi connectivity index (χ3v) is 3.96. The summed E-state index contributed by atoms with van der Waals surface area (Å²) in [6.45, 7) is 2.40. The van der Waals surface area contributed by atoms with Gasteiger partial charge in [-0.1, -0.05) is 12.1 Å². The fourth-order valence-electron chi connectivity index (χ4n) is 2.69. The van der Waals surface area contributed by atoms with Crippen LogP contribution in [0.5, 0.6) is 0 Å². The number of nitrogens with one attached hydrogen (secondary N) is 1. The number of ether oxygens (including phenoxy) is 2. The van der Waals surface area contributed by atoms with Crippen molar-refractivity contribution in [2.24, 2.45) is 0 Å². The fourth-order valence-corrected chi connectivity index (χ4v) is 2.69. The molecule has 128 valence electrons. The van der Waals surface area contributed by atoms with Gasteiger partial charge in [-0.3, -0.25) is 14.8 Å². The zero-order valence-electron chi connectivity index (χ0n) is 13.4. The van der Waals surface area contributed by atoms with E-state index in [1.165, 1.54) is 19.2 Å². The minimum atomic E-state index is -0.367. The zero-order chi connectivity index (χ0) is 16.9. The van der Waals surface area contributed by atoms with Crippen LogP contribution in [0.4, 0.5) is 4.39 Å². The second kappa shape index (κ2) is 7.50. The van der Waals surface area contributed by atoms with Crippen LogP contribution in [0.25, 0.3) is 0 Å². The molecule has 0 aliphatic carbocycles. The number of aromatic nitrogens is 3. The van der Waals surface area contributed by atoms with Gasteiger partial charge in [0, 0.05) is 6.54 Å². The van der Waals surface area contributed by atoms with Crippen molar-refractivity contribution in [2.45, 2.75) is 19.0 Å². The lowest BCUT2D eigenvalue weighted by molar-refractivity contribution is -0.139. The molecule has 2 aromatic rings. The quantitative estimate of drug-likeness (QED) is 0.829. The van der Waals surface area contributed by atoms with Crippen molar-refractivity contribution >= 4 is 5.97 Å². The lowest BCUT2D eigenvalue weighted by Gasteiger charge is -2.35. The van der Waals surface area contributed by atoms with Gasteiger partial charge in [-0.15, -0.1) is 0 Å². The summed E-state index contributed by atoms with van der Waals surface area (Å²) in [5, 5.41) is 6.91. The van der Waals surface area contributed by atoms with Crippen molar-refractivity contribution in [2.75, 3.05) is 26.9 Å². The number of carbonyl (C=O) groups is 1. The number of morpholine rings is 1. The van der Waals surface area contributed by atoms with E-state index in [9.17, 15) is 9.18 Å². The molecule has 0 radical (unpaired) electrons. The first kappa shape index (κ1) is 16.5. The van der Waals surface area contributed by atoms with Gasteiger partial charge in [0.1, 0.15) is 18.1 Å². The van der Waals surface area contributed by atoms with E-state index < -0.39 is 0 Å². The van der Waals surface area contributed by atoms with Crippen molar-refractivity contribution in [1.29, 1.82) is 0 Å². The minimum Gasteiger partial charge on any atom is -0.469 e. The van der Waals surface area contributed by atoms with Gasteiger partial charge in [0.25, 0.3) is 0 Å². The molecule has 0 unspecified atom stereocenters. The first-order valence-electron chi connectivity index (χ1n) is 7.70. The predicted molar refractivity (Wildman–Crippen MR) is 82.5 cm³/mol. The number of carbonyl (C=O) groups excluding carboxylic acids is 1. The van der Waals surface area contributed by atoms with E-state index in [0.29, 0.717) is 31.4 Å². The van der Waals surface area contributed by atoms with Crippen LogP contribution in [-0.2, 0) is 27.2 Å². The standard InChI is InChI=1S/C16H19FN4O3/c1-23-16(22)8-14-18-15(20-19-14)9-21-6-7-24-10-13(21)11-2-4-12(17)5-3-11/h2-5,13H,6-10H2,1H3,(H,18,19,20)/t13-/m1/s1. The zero-order valence-corrected chi connectivity index (χ0v) is 13.4. The summed E-state index contributed by atoms with van der Waals surface area (Å²) < 4.78 is 23.3. The normalized spacial score (nSPS) is 18.5. The van der Waals surface area contributed by atoms with Crippen molar-refractivity contribution in [3.05, 3.63) is 47.3 Å². The summed E-state index contributed by atoms with van der Waals surface area (Å²) in [5.74, 6) is 0.447. The molecule has 8 heteroatoms. The number of nitrogens with zero attached hydrogens (tertiary/aromatic N) is 3. The second-order valence-electron chi connectivity index (χ2n) is 5.56. The molecule has 1 aliphatic rings. The molecule has 1 aliphatic heterocycles. The van der Waals surface area contributed by atoms with Gasteiger partial charge in [0.15, 0.2) is 5.82 Å². The third-order valence-electron chi connectivity index (χ3n) is 3.96. The van der Waals surface area contributed by atoms with Crippen LogP contribution in [0.3, 0.4) is 0 Å². The molecule has 1 saturated heterocycles. The largest absolute Gasteiger partial charge is 0.469 e. The van der Waals surface area contributed by atoms with Crippen LogP contribution in [0.1, 0.15) is 23.3 Å². The lowest BCUT2D eigenvalue weighted by Crippen LogP contribution is -2.39. The van der Waals surface area contributed by atoms with Crippen molar-refractivity contribution in [3.63, 3.8) is 0 Å². The van der Waals surface area contributed by atoms with Crippen LogP contribution < -0.4 is 0 Å². The number of esters is 1. The van der Waals surface area contributed by atoms with Gasteiger partial charge in [-0.2, -0.15) is 5.10 Å². The Bertz CT molecular complexity index is 689. The van der Waals surface area contributed by atoms with Crippen LogP contribution in [0.15, 0.2) is 24.3 Å². The number of rotatable bonds is 5. The molecule has 1 aromatic carbocycles. The average Bonchev–Trinajstić information content (AvgIpc) is 3.03. The van der Waals surface area contributed by atoms with E-state index in [1.54, 1.807) is 12.1 Å². The molecule has 0 saturated carbocycles. The monoisotopic (exact) mass is 334 g/mol.